The number of aromatic nitrogens is 3. The van der Waals surface area contributed by atoms with Crippen LogP contribution < -0.4 is 0 Å². The highest BCUT2D eigenvalue weighted by atomic mass is 16.3. The van der Waals surface area contributed by atoms with Crippen LogP contribution in [0.3, 0.4) is 0 Å². The Morgan fingerprint density at radius 3 is 1.35 bits per heavy atom. The van der Waals surface area contributed by atoms with Crippen molar-refractivity contribution in [3.63, 3.8) is 0 Å². The van der Waals surface area contributed by atoms with Crippen molar-refractivity contribution in [3.8, 4) is 67.5 Å². The van der Waals surface area contributed by atoms with Crippen molar-refractivity contribution >= 4 is 43.9 Å². The van der Waals surface area contributed by atoms with Crippen molar-refractivity contribution in [2.75, 3.05) is 0 Å². The standard InChI is InChI=1S/C57H39N3O2/c1-8-30-57(31-9-1)48-13-5-2-10-42(48)43-27-24-39(34-49(43)57)37-18-16-35(17-19-37)36-20-22-38(23-21-36)54-58-55(40-25-28-52-46(32-40)44-11-3-6-14-50(44)61-52)60-56(59-54)41-26-29-53-47(33-41)45-12-4-7-15-51(45)62-53/h2-7,10-29,32-34H,1,8-9,30-31H2. The molecular weight excluding hydrogens is 759 g/mol. The van der Waals surface area contributed by atoms with E-state index in [0.29, 0.717) is 17.5 Å². The zero-order valence-corrected chi connectivity index (χ0v) is 33.9. The molecule has 294 valence electrons. The van der Waals surface area contributed by atoms with Gasteiger partial charge < -0.3 is 8.83 Å². The van der Waals surface area contributed by atoms with Crippen molar-refractivity contribution in [1.29, 1.82) is 0 Å². The Morgan fingerprint density at radius 1 is 0.323 bits per heavy atom. The van der Waals surface area contributed by atoms with Gasteiger partial charge in [0.15, 0.2) is 17.5 Å². The van der Waals surface area contributed by atoms with Crippen LogP contribution >= 0.6 is 0 Å². The number of para-hydroxylation sites is 2. The fourth-order valence-corrected chi connectivity index (χ4v) is 10.5. The average Bonchev–Trinajstić information content (AvgIpc) is 3.99. The molecule has 1 spiro atoms. The quantitative estimate of drug-likeness (QED) is 0.174. The molecule has 0 N–H and O–H groups in total. The van der Waals surface area contributed by atoms with E-state index < -0.39 is 0 Å². The zero-order valence-electron chi connectivity index (χ0n) is 33.9. The highest BCUT2D eigenvalue weighted by molar-refractivity contribution is 6.07. The van der Waals surface area contributed by atoms with E-state index in [1.165, 1.54) is 65.5 Å². The van der Waals surface area contributed by atoms with Crippen LogP contribution in [-0.2, 0) is 5.41 Å². The molecule has 0 radical (unpaired) electrons. The van der Waals surface area contributed by atoms with Gasteiger partial charge in [0.2, 0.25) is 0 Å². The lowest BCUT2D eigenvalue weighted by atomic mass is 9.67. The smallest absolute Gasteiger partial charge is 0.164 e. The van der Waals surface area contributed by atoms with Crippen LogP contribution in [0.15, 0.2) is 185 Å². The average molecular weight is 798 g/mol. The van der Waals surface area contributed by atoms with Gasteiger partial charge in [-0.15, -0.1) is 0 Å². The van der Waals surface area contributed by atoms with Crippen molar-refractivity contribution in [2.45, 2.75) is 37.5 Å². The van der Waals surface area contributed by atoms with Crippen molar-refractivity contribution in [3.05, 3.63) is 187 Å². The van der Waals surface area contributed by atoms with Gasteiger partial charge in [0, 0.05) is 43.7 Å². The maximum Gasteiger partial charge on any atom is 0.164 e. The molecule has 0 aliphatic heterocycles. The molecule has 5 heteroatoms. The number of benzene rings is 8. The second-order valence-electron chi connectivity index (χ2n) is 17.0. The fourth-order valence-electron chi connectivity index (χ4n) is 10.5. The number of furan rings is 2. The molecule has 3 aromatic heterocycles. The van der Waals surface area contributed by atoms with E-state index in [2.05, 4.69) is 115 Å². The monoisotopic (exact) mass is 797 g/mol. The summed E-state index contributed by atoms with van der Waals surface area (Å²) in [6, 6.07) is 62.5. The van der Waals surface area contributed by atoms with Crippen molar-refractivity contribution < 1.29 is 8.83 Å². The summed E-state index contributed by atoms with van der Waals surface area (Å²) in [6.45, 7) is 0. The summed E-state index contributed by atoms with van der Waals surface area (Å²) in [5.41, 5.74) is 16.9. The van der Waals surface area contributed by atoms with Crippen LogP contribution in [0.4, 0.5) is 0 Å². The minimum Gasteiger partial charge on any atom is -0.456 e. The molecule has 8 aromatic carbocycles. The lowest BCUT2D eigenvalue weighted by molar-refractivity contribution is 0.353. The third kappa shape index (κ3) is 5.51. The van der Waals surface area contributed by atoms with Crippen LogP contribution in [0, 0.1) is 0 Å². The second-order valence-corrected chi connectivity index (χ2v) is 17.0. The second kappa shape index (κ2) is 13.7. The van der Waals surface area contributed by atoms with Crippen LogP contribution in [0.25, 0.3) is 111 Å². The summed E-state index contributed by atoms with van der Waals surface area (Å²) >= 11 is 0. The number of hydrogen-bond acceptors (Lipinski definition) is 5. The SMILES string of the molecule is c1ccc2c(c1)-c1ccc(-c3ccc(-c4ccc(-c5nc(-c6ccc7oc8ccccc8c7c6)nc(-c6ccc7oc8ccccc8c7c6)n5)cc4)cc3)cc1C21CCCCC1. The Bertz CT molecular complexity index is 3420. The Morgan fingerprint density at radius 2 is 0.758 bits per heavy atom. The molecule has 1 saturated carbocycles. The third-order valence-corrected chi connectivity index (χ3v) is 13.6. The van der Waals surface area contributed by atoms with E-state index in [-0.39, 0.29) is 5.41 Å². The maximum atomic E-state index is 6.16. The fraction of sp³-hybridized carbons (Fsp3) is 0.105. The summed E-state index contributed by atoms with van der Waals surface area (Å²) < 4.78 is 12.3. The van der Waals surface area contributed by atoms with Gasteiger partial charge in [-0.3, -0.25) is 0 Å². The largest absolute Gasteiger partial charge is 0.456 e. The first-order valence-corrected chi connectivity index (χ1v) is 21.7. The van der Waals surface area contributed by atoms with E-state index in [1.54, 1.807) is 0 Å². The first-order chi connectivity index (χ1) is 30.6. The molecule has 0 atom stereocenters. The molecule has 13 rings (SSSR count). The van der Waals surface area contributed by atoms with Gasteiger partial charge in [0.05, 0.1) is 0 Å². The van der Waals surface area contributed by atoms with Gasteiger partial charge in [0.1, 0.15) is 22.3 Å². The molecule has 0 saturated heterocycles. The Hall–Kier alpha value is -7.63. The number of fused-ring (bicyclic) bond motifs is 11. The predicted octanol–water partition coefficient (Wildman–Crippen LogP) is 15.2. The molecule has 62 heavy (non-hydrogen) atoms. The summed E-state index contributed by atoms with van der Waals surface area (Å²) in [7, 11) is 0. The van der Waals surface area contributed by atoms with Crippen molar-refractivity contribution in [1.82, 2.24) is 15.0 Å². The summed E-state index contributed by atoms with van der Waals surface area (Å²) in [5, 5.41) is 4.17. The van der Waals surface area contributed by atoms with Gasteiger partial charge in [0.25, 0.3) is 0 Å². The Labute approximate surface area is 358 Å². The maximum absolute atomic E-state index is 6.16. The van der Waals surface area contributed by atoms with Gasteiger partial charge in [-0.1, -0.05) is 141 Å². The van der Waals surface area contributed by atoms with E-state index >= 15 is 0 Å². The number of nitrogens with zero attached hydrogens (tertiary/aromatic N) is 3. The molecule has 5 nitrogen and oxygen atoms in total. The predicted molar refractivity (Wildman–Crippen MR) is 251 cm³/mol. The van der Waals surface area contributed by atoms with Gasteiger partial charge in [-0.25, -0.2) is 15.0 Å². The van der Waals surface area contributed by atoms with Crippen molar-refractivity contribution in [2.24, 2.45) is 0 Å². The van der Waals surface area contributed by atoms with E-state index in [1.807, 2.05) is 60.7 Å². The van der Waals surface area contributed by atoms with Crippen LogP contribution in [-0.4, -0.2) is 15.0 Å². The summed E-state index contributed by atoms with van der Waals surface area (Å²) in [4.78, 5) is 15.3. The highest BCUT2D eigenvalue weighted by Crippen LogP contribution is 2.56. The topological polar surface area (TPSA) is 65.0 Å². The summed E-state index contributed by atoms with van der Waals surface area (Å²) in [5.74, 6) is 1.80. The lowest BCUT2D eigenvalue weighted by Gasteiger charge is -2.36. The summed E-state index contributed by atoms with van der Waals surface area (Å²) in [6.07, 6.45) is 6.39. The van der Waals surface area contributed by atoms with E-state index in [0.717, 1.165) is 71.7 Å². The van der Waals surface area contributed by atoms with E-state index in [9.17, 15) is 0 Å². The zero-order chi connectivity index (χ0) is 40.8. The van der Waals surface area contributed by atoms with Crippen LogP contribution in [0.5, 0.6) is 0 Å². The molecule has 2 aliphatic rings. The number of hydrogen-bond donors (Lipinski definition) is 0. The van der Waals surface area contributed by atoms with Crippen LogP contribution in [0.1, 0.15) is 43.2 Å². The normalized spacial score (nSPS) is 14.3. The minimum absolute atomic E-state index is 0.145. The van der Waals surface area contributed by atoms with Gasteiger partial charge in [-0.2, -0.15) is 0 Å². The molecule has 3 heterocycles. The Balaban J connectivity index is 0.857. The van der Waals surface area contributed by atoms with Gasteiger partial charge >= 0.3 is 0 Å². The first-order valence-electron chi connectivity index (χ1n) is 21.7. The van der Waals surface area contributed by atoms with Gasteiger partial charge in [-0.05, 0) is 112 Å². The lowest BCUT2D eigenvalue weighted by Crippen LogP contribution is -2.28. The molecule has 2 aliphatic carbocycles. The third-order valence-electron chi connectivity index (χ3n) is 13.6. The molecular formula is C57H39N3O2. The highest BCUT2D eigenvalue weighted by Gasteiger charge is 2.43. The molecule has 1 fully saturated rings. The van der Waals surface area contributed by atoms with E-state index in [4.69, 9.17) is 23.8 Å². The molecule has 0 bridgehead atoms. The minimum atomic E-state index is 0.145. The molecule has 0 amide bonds. The van der Waals surface area contributed by atoms with Crippen LogP contribution in [0.2, 0.25) is 0 Å². The first kappa shape index (κ1) is 35.2. The molecule has 11 aromatic rings. The number of rotatable bonds is 5. The molecule has 0 unspecified atom stereocenters. The Kier molecular flexibility index (Phi) is 7.77.